The van der Waals surface area contributed by atoms with Crippen LogP contribution in [0.1, 0.15) is 16.2 Å². The fourth-order valence-corrected chi connectivity index (χ4v) is 2.98. The highest BCUT2D eigenvalue weighted by atomic mass is 32.1. The zero-order valence-electron chi connectivity index (χ0n) is 9.81. The van der Waals surface area contributed by atoms with Crippen molar-refractivity contribution in [3.8, 4) is 0 Å². The minimum atomic E-state index is 1.05. The van der Waals surface area contributed by atoms with Gasteiger partial charge < -0.3 is 0 Å². The van der Waals surface area contributed by atoms with Crippen molar-refractivity contribution >= 4 is 16.9 Å². The van der Waals surface area contributed by atoms with E-state index in [1.165, 1.54) is 26.5 Å². The topological polar surface area (TPSA) is 0 Å². The number of hydrogen-bond acceptors (Lipinski definition) is 1. The van der Waals surface area contributed by atoms with Gasteiger partial charge in [-0.25, -0.2) is 0 Å². The lowest BCUT2D eigenvalue weighted by Gasteiger charge is -2.03. The molecule has 3 rings (SSSR count). The minimum Gasteiger partial charge on any atom is -0.141 e. The highest BCUT2D eigenvalue weighted by Crippen LogP contribution is 2.32. The van der Waals surface area contributed by atoms with Crippen LogP contribution in [-0.2, 0) is 0 Å². The van der Waals surface area contributed by atoms with Crippen LogP contribution >= 0.6 is 11.3 Å². The molecule has 0 saturated carbocycles. The molecule has 0 unspecified atom stereocenters. The summed E-state index contributed by atoms with van der Waals surface area (Å²) in [6, 6.07) is 4.39. The van der Waals surface area contributed by atoms with Crippen molar-refractivity contribution in [1.82, 2.24) is 0 Å². The Balaban J connectivity index is 1.94. The van der Waals surface area contributed by atoms with Crippen molar-refractivity contribution in [2.24, 2.45) is 0 Å². The second-order valence-electron chi connectivity index (χ2n) is 4.32. The molecule has 0 saturated heterocycles. The first-order valence-electron chi connectivity index (χ1n) is 5.86. The van der Waals surface area contributed by atoms with Gasteiger partial charge in [-0.05, 0) is 48.3 Å². The molecule has 1 aromatic heterocycles. The van der Waals surface area contributed by atoms with E-state index < -0.39 is 0 Å². The average Bonchev–Trinajstić information content (AvgIpc) is 2.98. The Kier molecular flexibility index (Phi) is 2.69. The van der Waals surface area contributed by atoms with Crippen molar-refractivity contribution in [3.05, 3.63) is 75.6 Å². The highest BCUT2D eigenvalue weighted by molar-refractivity contribution is 7.13. The number of allylic oxidation sites excluding steroid dienone is 10. The van der Waals surface area contributed by atoms with Crippen molar-refractivity contribution in [2.45, 2.75) is 13.3 Å². The molecule has 17 heavy (non-hydrogen) atoms. The highest BCUT2D eigenvalue weighted by Gasteiger charge is 2.09. The van der Waals surface area contributed by atoms with Crippen molar-refractivity contribution in [1.29, 1.82) is 0 Å². The van der Waals surface area contributed by atoms with Gasteiger partial charge in [-0.2, -0.15) is 0 Å². The van der Waals surface area contributed by atoms with Gasteiger partial charge in [0.15, 0.2) is 0 Å². The maximum atomic E-state index is 2.30. The van der Waals surface area contributed by atoms with Gasteiger partial charge in [-0.3, -0.25) is 0 Å². The lowest BCUT2D eigenvalue weighted by atomic mass is 10.0. The summed E-state index contributed by atoms with van der Waals surface area (Å²) in [5.41, 5.74) is 4.10. The quantitative estimate of drug-likeness (QED) is 0.658. The summed E-state index contributed by atoms with van der Waals surface area (Å²) >= 11 is 1.86. The Morgan fingerprint density at radius 3 is 2.71 bits per heavy atom. The Morgan fingerprint density at radius 2 is 2.00 bits per heavy atom. The van der Waals surface area contributed by atoms with E-state index >= 15 is 0 Å². The van der Waals surface area contributed by atoms with E-state index in [4.69, 9.17) is 0 Å². The van der Waals surface area contributed by atoms with Gasteiger partial charge >= 0.3 is 0 Å². The van der Waals surface area contributed by atoms with Crippen LogP contribution in [0.2, 0.25) is 0 Å². The summed E-state index contributed by atoms with van der Waals surface area (Å²) < 4.78 is 0. The molecule has 0 fully saturated rings. The van der Waals surface area contributed by atoms with Gasteiger partial charge in [0, 0.05) is 9.75 Å². The molecule has 0 radical (unpaired) electrons. The van der Waals surface area contributed by atoms with E-state index in [9.17, 15) is 0 Å². The molecule has 0 bridgehead atoms. The van der Waals surface area contributed by atoms with Crippen LogP contribution in [0.4, 0.5) is 0 Å². The van der Waals surface area contributed by atoms with Gasteiger partial charge in [-0.1, -0.05) is 36.5 Å². The Morgan fingerprint density at radius 1 is 1.06 bits per heavy atom. The molecule has 1 aromatic rings. The molecule has 0 N–H and O–H groups in total. The summed E-state index contributed by atoms with van der Waals surface area (Å²) in [5, 5.41) is 0. The molecule has 2 aliphatic carbocycles. The maximum absolute atomic E-state index is 2.30. The Hall–Kier alpha value is -1.60. The number of rotatable bonds is 1. The molecule has 0 aromatic carbocycles. The third-order valence-electron chi connectivity index (χ3n) is 3.03. The maximum Gasteiger partial charge on any atom is 0.0345 e. The predicted octanol–water partition coefficient (Wildman–Crippen LogP) is 4.82. The monoisotopic (exact) mass is 238 g/mol. The first kappa shape index (κ1) is 10.5. The summed E-state index contributed by atoms with van der Waals surface area (Å²) in [4.78, 5) is 2.74. The van der Waals surface area contributed by atoms with Gasteiger partial charge in [0.05, 0.1) is 0 Å². The smallest absolute Gasteiger partial charge is 0.0345 e. The molecule has 1 heteroatoms. The van der Waals surface area contributed by atoms with Gasteiger partial charge in [0.25, 0.3) is 0 Å². The first-order chi connectivity index (χ1) is 8.33. The van der Waals surface area contributed by atoms with E-state index in [0.717, 1.165) is 6.42 Å². The third kappa shape index (κ3) is 2.11. The summed E-state index contributed by atoms with van der Waals surface area (Å²) in [5.74, 6) is 0. The Bertz CT molecular complexity index is 589. The SMILES string of the molecule is Cc1ccc(C2=C/C(=C3/C=CC=CC3)C=C2)s1. The van der Waals surface area contributed by atoms with E-state index in [-0.39, 0.29) is 0 Å². The second-order valence-corrected chi connectivity index (χ2v) is 5.60. The van der Waals surface area contributed by atoms with Gasteiger partial charge in [-0.15, -0.1) is 11.3 Å². The molecule has 2 aliphatic rings. The van der Waals surface area contributed by atoms with Gasteiger partial charge in [0.2, 0.25) is 0 Å². The third-order valence-corrected chi connectivity index (χ3v) is 4.08. The first-order valence-corrected chi connectivity index (χ1v) is 6.67. The van der Waals surface area contributed by atoms with Crippen LogP contribution in [0.25, 0.3) is 5.57 Å². The van der Waals surface area contributed by atoms with Crippen LogP contribution in [0.3, 0.4) is 0 Å². The molecule has 1 heterocycles. The van der Waals surface area contributed by atoms with Crippen molar-refractivity contribution < 1.29 is 0 Å². The van der Waals surface area contributed by atoms with Crippen LogP contribution in [0, 0.1) is 6.92 Å². The second kappa shape index (κ2) is 4.34. The zero-order chi connectivity index (χ0) is 11.7. The summed E-state index contributed by atoms with van der Waals surface area (Å²) in [6.07, 6.45) is 16.4. The molecule has 84 valence electrons. The summed E-state index contributed by atoms with van der Waals surface area (Å²) in [6.45, 7) is 2.15. The van der Waals surface area contributed by atoms with Crippen LogP contribution < -0.4 is 0 Å². The Labute approximate surface area is 106 Å². The predicted molar refractivity (Wildman–Crippen MR) is 76.1 cm³/mol. The van der Waals surface area contributed by atoms with Crippen molar-refractivity contribution in [2.75, 3.05) is 0 Å². The zero-order valence-corrected chi connectivity index (χ0v) is 10.6. The molecule has 0 nitrogen and oxygen atoms in total. The molecule has 0 amide bonds. The average molecular weight is 238 g/mol. The van der Waals surface area contributed by atoms with Gasteiger partial charge in [0.1, 0.15) is 0 Å². The van der Waals surface area contributed by atoms with Crippen molar-refractivity contribution in [3.63, 3.8) is 0 Å². The molecular weight excluding hydrogens is 224 g/mol. The molecule has 0 aliphatic heterocycles. The fraction of sp³-hybridized carbons (Fsp3) is 0.125. The van der Waals surface area contributed by atoms with E-state index in [1.54, 1.807) is 0 Å². The van der Waals surface area contributed by atoms with E-state index in [0.29, 0.717) is 0 Å². The minimum absolute atomic E-state index is 1.05. The molecule has 0 atom stereocenters. The summed E-state index contributed by atoms with van der Waals surface area (Å²) in [7, 11) is 0. The number of aryl methyl sites for hydroxylation is 1. The standard InChI is InChI=1S/C16H14S/c1-12-7-10-16(17-12)15-9-8-14(11-15)13-5-3-2-4-6-13/h2-5,7-11H,6H2,1H3/b14-13-. The van der Waals surface area contributed by atoms with E-state index in [2.05, 4.69) is 61.6 Å². The largest absolute Gasteiger partial charge is 0.141 e. The number of thiophene rings is 1. The lowest BCUT2D eigenvalue weighted by molar-refractivity contribution is 1.24. The van der Waals surface area contributed by atoms with E-state index in [1.807, 2.05) is 11.3 Å². The lowest BCUT2D eigenvalue weighted by Crippen LogP contribution is -1.84. The molecule has 0 spiro atoms. The van der Waals surface area contributed by atoms with Crippen LogP contribution in [0.15, 0.2) is 65.8 Å². The number of hydrogen-bond donors (Lipinski definition) is 0. The fourth-order valence-electron chi connectivity index (χ4n) is 2.11. The van der Waals surface area contributed by atoms with Crippen LogP contribution in [-0.4, -0.2) is 0 Å². The normalized spacial score (nSPS) is 22.3. The molecular formula is C16H14S. The van der Waals surface area contributed by atoms with Crippen LogP contribution in [0.5, 0.6) is 0 Å².